The van der Waals surface area contributed by atoms with Gasteiger partial charge in [-0.15, -0.1) is 0 Å². The summed E-state index contributed by atoms with van der Waals surface area (Å²) in [6, 6.07) is 7.25. The van der Waals surface area contributed by atoms with Gasteiger partial charge in [0.15, 0.2) is 0 Å². The van der Waals surface area contributed by atoms with Crippen LogP contribution in [0.4, 0.5) is 0 Å². The Balaban J connectivity index is 1.56. The fourth-order valence-electron chi connectivity index (χ4n) is 3.87. The second-order valence-electron chi connectivity index (χ2n) is 7.55. The second-order valence-corrected chi connectivity index (χ2v) is 8.14. The van der Waals surface area contributed by atoms with Gasteiger partial charge in [0.1, 0.15) is 0 Å². The maximum absolute atomic E-state index is 10.5. The van der Waals surface area contributed by atoms with Crippen LogP contribution in [-0.2, 0) is 16.0 Å². The van der Waals surface area contributed by atoms with E-state index in [0.29, 0.717) is 11.3 Å². The normalized spacial score (nSPS) is 20.5. The first-order valence-corrected chi connectivity index (χ1v) is 10.7. The molecule has 0 spiro atoms. The van der Waals surface area contributed by atoms with Crippen molar-refractivity contribution in [1.29, 1.82) is 0 Å². The Hall–Kier alpha value is -3.86. The first kappa shape index (κ1) is 18.9. The summed E-state index contributed by atoms with van der Waals surface area (Å²) in [5.74, 6) is 0.193. The van der Waals surface area contributed by atoms with Crippen LogP contribution in [0.3, 0.4) is 0 Å². The van der Waals surface area contributed by atoms with Crippen molar-refractivity contribution in [3.8, 4) is 5.75 Å². The molecule has 0 radical (unpaired) electrons. The van der Waals surface area contributed by atoms with Crippen LogP contribution < -0.4 is 0 Å². The van der Waals surface area contributed by atoms with E-state index < -0.39 is 0 Å². The number of hydrogen-bond donors (Lipinski definition) is 1. The molecule has 5 aliphatic heterocycles. The molecule has 0 amide bonds. The number of aromatic hydroxyl groups is 1. The van der Waals surface area contributed by atoms with Gasteiger partial charge in [-0.1, -0.05) is 0 Å². The van der Waals surface area contributed by atoms with Crippen LogP contribution in [-0.4, -0.2) is 28.0 Å². The molecule has 152 valence electrons. The summed E-state index contributed by atoms with van der Waals surface area (Å²) in [7, 11) is 0. The predicted molar refractivity (Wildman–Crippen MR) is 125 cm³/mol. The minimum absolute atomic E-state index is 0.193. The number of phenols is 1. The van der Waals surface area contributed by atoms with Gasteiger partial charge in [0.05, 0.1) is 0 Å². The zero-order valence-electron chi connectivity index (χ0n) is 16.7. The van der Waals surface area contributed by atoms with Gasteiger partial charge < -0.3 is 0 Å². The van der Waals surface area contributed by atoms with Crippen LogP contribution in [0.25, 0.3) is 5.57 Å². The summed E-state index contributed by atoms with van der Waals surface area (Å²) >= 11 is 3.72. The Labute approximate surface area is 192 Å². The Kier molecular flexibility index (Phi) is 4.35. The van der Waals surface area contributed by atoms with Crippen molar-refractivity contribution in [1.82, 2.24) is 0 Å². The van der Waals surface area contributed by atoms with Crippen molar-refractivity contribution in [2.24, 2.45) is 20.0 Å². The topological polar surface area (TPSA) is 69.7 Å². The van der Waals surface area contributed by atoms with Gasteiger partial charge in [0, 0.05) is 0 Å². The molecule has 0 atom stereocenters. The molecule has 6 heteroatoms. The van der Waals surface area contributed by atoms with Gasteiger partial charge in [0.25, 0.3) is 0 Å². The van der Waals surface area contributed by atoms with Gasteiger partial charge >= 0.3 is 193 Å². The first-order valence-electron chi connectivity index (χ1n) is 10.1. The van der Waals surface area contributed by atoms with E-state index >= 15 is 0 Å². The average molecular weight is 454 g/mol. The summed E-state index contributed by atoms with van der Waals surface area (Å²) in [6.45, 7) is 0. The van der Waals surface area contributed by atoms with Gasteiger partial charge in [0.2, 0.25) is 0 Å². The molecule has 1 N–H and O–H groups in total. The summed E-state index contributed by atoms with van der Waals surface area (Å²) in [6.07, 6.45) is 19.5. The molecule has 1 aromatic carbocycles. The quantitative estimate of drug-likeness (QED) is 0.615. The fraction of sp³-hybridized carbons (Fsp3) is 0. The molecule has 5 aliphatic rings. The number of nitrogens with zero attached hydrogens (tertiary/aromatic N) is 4. The third kappa shape index (κ3) is 3.36. The third-order valence-corrected chi connectivity index (χ3v) is 5.92. The molecule has 32 heavy (non-hydrogen) atoms. The molecular formula is C26H15MnN4O. The van der Waals surface area contributed by atoms with Crippen molar-refractivity contribution in [3.63, 3.8) is 0 Å². The monoisotopic (exact) mass is 454 g/mol. The number of benzene rings is 1. The van der Waals surface area contributed by atoms with E-state index in [0.717, 1.165) is 50.0 Å². The van der Waals surface area contributed by atoms with E-state index in [1.54, 1.807) is 12.1 Å². The number of allylic oxidation sites excluding steroid dienone is 12. The number of rotatable bonds is 1. The molecule has 0 aliphatic carbocycles. The summed E-state index contributed by atoms with van der Waals surface area (Å²) in [5.41, 5.74) is 7.89. The Bertz CT molecular complexity index is 1470. The molecule has 6 rings (SSSR count). The molecule has 0 unspecified atom stereocenters. The van der Waals surface area contributed by atoms with Crippen LogP contribution in [0.1, 0.15) is 5.56 Å². The minimum atomic E-state index is 0.193. The van der Waals surface area contributed by atoms with Crippen LogP contribution in [0.5, 0.6) is 5.75 Å². The third-order valence-electron chi connectivity index (χ3n) is 5.32. The molecule has 0 fully saturated rings. The van der Waals surface area contributed by atoms with Gasteiger partial charge in [-0.2, -0.15) is 0 Å². The number of hydrogen-bond acceptors (Lipinski definition) is 5. The number of aliphatic imine (C=N–C) groups is 4. The van der Waals surface area contributed by atoms with Crippen LogP contribution in [0, 0.1) is 0 Å². The van der Waals surface area contributed by atoms with E-state index in [1.807, 2.05) is 72.9 Å². The first-order chi connectivity index (χ1) is 15.6. The zero-order valence-corrected chi connectivity index (χ0v) is 17.9. The van der Waals surface area contributed by atoms with Gasteiger partial charge in [-0.05, 0) is 0 Å². The van der Waals surface area contributed by atoms with Crippen LogP contribution in [0.15, 0.2) is 132 Å². The number of fused-ring (bicyclic) bond motifs is 4. The van der Waals surface area contributed by atoms with E-state index in [1.165, 1.54) is 0 Å². The molecule has 0 saturated heterocycles. The molecule has 0 aromatic heterocycles. The molecule has 0 saturated carbocycles. The van der Waals surface area contributed by atoms with E-state index in [9.17, 15) is 5.11 Å². The number of para-hydroxylation sites is 1. The Morgan fingerprint density at radius 1 is 0.625 bits per heavy atom. The molecule has 5 heterocycles. The SMILES string of the molecule is Oc1ccccc1C1=[C]([Mn])C2=NC1=CC1=NC(=CC3=NC(=CC4=NC(=C2)C=C4)C=C3)C=C1. The van der Waals surface area contributed by atoms with Crippen molar-refractivity contribution in [3.05, 3.63) is 118 Å². The summed E-state index contributed by atoms with van der Waals surface area (Å²) in [5, 5.41) is 10.5. The Morgan fingerprint density at radius 3 is 1.81 bits per heavy atom. The fourth-order valence-corrected chi connectivity index (χ4v) is 4.33. The Morgan fingerprint density at radius 2 is 1.19 bits per heavy atom. The van der Waals surface area contributed by atoms with Gasteiger partial charge in [-0.25, -0.2) is 0 Å². The van der Waals surface area contributed by atoms with Gasteiger partial charge in [-0.3, -0.25) is 0 Å². The van der Waals surface area contributed by atoms with Crippen LogP contribution >= 0.6 is 0 Å². The second kappa shape index (κ2) is 7.38. The summed E-state index contributed by atoms with van der Waals surface area (Å²) in [4.78, 5) is 18.9. The molecule has 1 aromatic rings. The number of phenolic OH excluding ortho intramolecular Hbond substituents is 1. The summed E-state index contributed by atoms with van der Waals surface area (Å²) < 4.78 is 0.795. The van der Waals surface area contributed by atoms with E-state index in [2.05, 4.69) is 26.0 Å². The van der Waals surface area contributed by atoms with Crippen molar-refractivity contribution < 1.29 is 21.1 Å². The van der Waals surface area contributed by atoms with Crippen molar-refractivity contribution in [2.45, 2.75) is 0 Å². The maximum atomic E-state index is 10.5. The molecular weight excluding hydrogens is 439 g/mol. The average Bonchev–Trinajstić information content (AvgIpc) is 3.55. The van der Waals surface area contributed by atoms with E-state index in [-0.39, 0.29) is 5.75 Å². The molecule has 5 nitrogen and oxygen atoms in total. The van der Waals surface area contributed by atoms with Crippen LogP contribution in [0.2, 0.25) is 0 Å². The van der Waals surface area contributed by atoms with Crippen molar-refractivity contribution in [2.75, 3.05) is 0 Å². The van der Waals surface area contributed by atoms with E-state index in [4.69, 9.17) is 9.98 Å². The predicted octanol–water partition coefficient (Wildman–Crippen LogP) is 4.69. The standard InChI is InChI=1S/C26H15N4O.Mn/c31-26-4-2-1-3-23(26)24-14-22-13-20-8-7-18(28-20)11-16-5-6-17(27-16)12-19-9-10-21(29-19)15-25(24)30-22;/h1-13,15,31H;. The molecule has 8 bridgehead atoms. The zero-order chi connectivity index (χ0) is 21.7. The van der Waals surface area contributed by atoms with Crippen molar-refractivity contribution >= 4 is 28.4 Å².